The van der Waals surface area contributed by atoms with Crippen molar-refractivity contribution in [3.8, 4) is 5.75 Å². The molecule has 0 spiro atoms. The molecule has 21 heavy (non-hydrogen) atoms. The molecule has 0 atom stereocenters. The zero-order valence-electron chi connectivity index (χ0n) is 11.6. The number of hydrogen-bond donors (Lipinski definition) is 0. The highest BCUT2D eigenvalue weighted by molar-refractivity contribution is 9.10. The Morgan fingerprint density at radius 3 is 2.81 bits per heavy atom. The van der Waals surface area contributed by atoms with E-state index in [1.165, 1.54) is 5.56 Å². The number of aryl methyl sites for hydroxylation is 1. The van der Waals surface area contributed by atoms with E-state index in [-0.39, 0.29) is 5.78 Å². The van der Waals surface area contributed by atoms with Gasteiger partial charge in [0.1, 0.15) is 5.75 Å². The predicted octanol–water partition coefficient (Wildman–Crippen LogP) is 4.88. The first kappa shape index (κ1) is 14.8. The molecule has 0 saturated carbocycles. The maximum atomic E-state index is 12.5. The fourth-order valence-corrected chi connectivity index (χ4v) is 3.37. The maximum absolute atomic E-state index is 12.5. The number of hydrogen-bond acceptors (Lipinski definition) is 2. The van der Waals surface area contributed by atoms with Crippen molar-refractivity contribution < 1.29 is 9.53 Å². The first-order valence-corrected chi connectivity index (χ1v) is 8.36. The van der Waals surface area contributed by atoms with Gasteiger partial charge in [-0.3, -0.25) is 4.79 Å². The van der Waals surface area contributed by atoms with Gasteiger partial charge in [-0.25, -0.2) is 0 Å². The number of ketones is 1. The van der Waals surface area contributed by atoms with Crippen LogP contribution in [-0.2, 0) is 12.8 Å². The molecule has 108 valence electrons. The Balaban J connectivity index is 1.90. The molecule has 3 rings (SSSR count). The Bertz CT molecular complexity index is 723. The minimum atomic E-state index is 0.112. The van der Waals surface area contributed by atoms with Crippen molar-refractivity contribution in [3.05, 3.63) is 61.5 Å². The van der Waals surface area contributed by atoms with Crippen molar-refractivity contribution in [2.45, 2.75) is 19.8 Å². The summed E-state index contributed by atoms with van der Waals surface area (Å²) in [5.41, 5.74) is 3.95. The minimum absolute atomic E-state index is 0.112. The lowest BCUT2D eigenvalue weighted by Gasteiger charge is -2.09. The third kappa shape index (κ3) is 3.06. The van der Waals surface area contributed by atoms with Crippen LogP contribution in [0.3, 0.4) is 0 Å². The van der Waals surface area contributed by atoms with Crippen molar-refractivity contribution in [2.75, 3.05) is 6.61 Å². The monoisotopic (exact) mass is 408 g/mol. The SMILES string of the molecule is Cc1cc(C(=O)Cc2cc(Br)cc3c2OCC3)ccc1Br. The Morgan fingerprint density at radius 2 is 2.05 bits per heavy atom. The number of carbonyl (C=O) groups excluding carboxylic acids is 1. The van der Waals surface area contributed by atoms with Crippen LogP contribution in [0.15, 0.2) is 39.3 Å². The molecule has 0 N–H and O–H groups in total. The van der Waals surface area contributed by atoms with Gasteiger partial charge < -0.3 is 4.74 Å². The predicted molar refractivity (Wildman–Crippen MR) is 90.3 cm³/mol. The first-order chi connectivity index (χ1) is 10.0. The number of Topliss-reactive ketones (excluding diaryl/α,β-unsaturated/α-hetero) is 1. The summed E-state index contributed by atoms with van der Waals surface area (Å²) >= 11 is 6.97. The molecule has 0 amide bonds. The van der Waals surface area contributed by atoms with Gasteiger partial charge in [-0.2, -0.15) is 0 Å². The number of benzene rings is 2. The molecular weight excluding hydrogens is 396 g/mol. The molecule has 0 aliphatic carbocycles. The third-order valence-electron chi connectivity index (χ3n) is 3.66. The molecule has 0 unspecified atom stereocenters. The summed E-state index contributed by atoms with van der Waals surface area (Å²) in [6.07, 6.45) is 1.27. The summed E-state index contributed by atoms with van der Waals surface area (Å²) in [5, 5.41) is 0. The van der Waals surface area contributed by atoms with Crippen molar-refractivity contribution in [3.63, 3.8) is 0 Å². The van der Waals surface area contributed by atoms with Gasteiger partial charge >= 0.3 is 0 Å². The van der Waals surface area contributed by atoms with Crippen molar-refractivity contribution >= 4 is 37.6 Å². The average molecular weight is 410 g/mol. The summed E-state index contributed by atoms with van der Waals surface area (Å²) in [6.45, 7) is 2.69. The van der Waals surface area contributed by atoms with Crippen LogP contribution < -0.4 is 4.74 Å². The van der Waals surface area contributed by atoms with Gasteiger partial charge in [0.25, 0.3) is 0 Å². The van der Waals surface area contributed by atoms with E-state index >= 15 is 0 Å². The second kappa shape index (κ2) is 5.93. The van der Waals surface area contributed by atoms with E-state index in [4.69, 9.17) is 4.74 Å². The zero-order valence-corrected chi connectivity index (χ0v) is 14.8. The summed E-state index contributed by atoms with van der Waals surface area (Å²) < 4.78 is 7.70. The van der Waals surface area contributed by atoms with Gasteiger partial charge in [0.2, 0.25) is 0 Å². The summed E-state index contributed by atoms with van der Waals surface area (Å²) in [5.74, 6) is 1.00. The molecule has 2 nitrogen and oxygen atoms in total. The molecule has 1 aliphatic rings. The number of rotatable bonds is 3. The lowest BCUT2D eigenvalue weighted by molar-refractivity contribution is 0.0992. The lowest BCUT2D eigenvalue weighted by atomic mass is 9.99. The van der Waals surface area contributed by atoms with Crippen LogP contribution in [0, 0.1) is 6.92 Å². The quantitative estimate of drug-likeness (QED) is 0.675. The minimum Gasteiger partial charge on any atom is -0.493 e. The highest BCUT2D eigenvalue weighted by Gasteiger charge is 2.19. The van der Waals surface area contributed by atoms with Crippen molar-refractivity contribution in [1.29, 1.82) is 0 Å². The van der Waals surface area contributed by atoms with E-state index in [1.807, 2.05) is 31.2 Å². The fraction of sp³-hybridized carbons (Fsp3) is 0.235. The Morgan fingerprint density at radius 1 is 1.24 bits per heavy atom. The van der Waals surface area contributed by atoms with E-state index in [2.05, 4.69) is 37.9 Å². The standard InChI is InChI=1S/C17H14Br2O2/c1-10-6-11(2-3-15(10)19)16(20)9-13-8-14(18)7-12-4-5-21-17(12)13/h2-3,6-8H,4-5,9H2,1H3. The zero-order chi connectivity index (χ0) is 15.0. The highest BCUT2D eigenvalue weighted by atomic mass is 79.9. The average Bonchev–Trinajstić information content (AvgIpc) is 2.90. The second-order valence-corrected chi connectivity index (χ2v) is 6.99. The lowest BCUT2D eigenvalue weighted by Crippen LogP contribution is -2.05. The molecule has 0 radical (unpaired) electrons. The molecule has 0 bridgehead atoms. The van der Waals surface area contributed by atoms with E-state index in [1.54, 1.807) is 0 Å². The third-order valence-corrected chi connectivity index (χ3v) is 5.00. The van der Waals surface area contributed by atoms with Gasteiger partial charge in [0.05, 0.1) is 6.61 Å². The molecule has 2 aromatic carbocycles. The van der Waals surface area contributed by atoms with Gasteiger partial charge in [0, 0.05) is 32.9 Å². The Kier molecular flexibility index (Phi) is 4.18. The molecule has 0 fully saturated rings. The van der Waals surface area contributed by atoms with Gasteiger partial charge in [0.15, 0.2) is 5.78 Å². The summed E-state index contributed by atoms with van der Waals surface area (Å²) in [6, 6.07) is 9.75. The molecule has 1 aliphatic heterocycles. The first-order valence-electron chi connectivity index (χ1n) is 6.78. The molecule has 0 aromatic heterocycles. The van der Waals surface area contributed by atoms with Crippen molar-refractivity contribution in [2.24, 2.45) is 0 Å². The van der Waals surface area contributed by atoms with Gasteiger partial charge in [-0.15, -0.1) is 0 Å². The molecular formula is C17H14Br2O2. The van der Waals surface area contributed by atoms with Crippen LogP contribution in [0.25, 0.3) is 0 Å². The van der Waals surface area contributed by atoms with E-state index in [0.717, 1.165) is 37.8 Å². The smallest absolute Gasteiger partial charge is 0.167 e. The maximum Gasteiger partial charge on any atom is 0.167 e. The van der Waals surface area contributed by atoms with Gasteiger partial charge in [-0.05, 0) is 42.3 Å². The van der Waals surface area contributed by atoms with Crippen LogP contribution in [0.1, 0.15) is 27.0 Å². The Hall–Kier alpha value is -1.13. The molecule has 1 heterocycles. The van der Waals surface area contributed by atoms with Crippen LogP contribution in [-0.4, -0.2) is 12.4 Å². The number of carbonyl (C=O) groups is 1. The molecule has 4 heteroatoms. The number of fused-ring (bicyclic) bond motifs is 1. The fourth-order valence-electron chi connectivity index (χ4n) is 2.57. The van der Waals surface area contributed by atoms with E-state index in [9.17, 15) is 4.79 Å². The summed E-state index contributed by atoms with van der Waals surface area (Å²) in [4.78, 5) is 12.5. The van der Waals surface area contributed by atoms with E-state index in [0.29, 0.717) is 13.0 Å². The largest absolute Gasteiger partial charge is 0.493 e. The van der Waals surface area contributed by atoms with Crippen LogP contribution in [0.4, 0.5) is 0 Å². The van der Waals surface area contributed by atoms with Crippen LogP contribution in [0.5, 0.6) is 5.75 Å². The highest BCUT2D eigenvalue weighted by Crippen LogP contribution is 2.33. The molecule has 0 saturated heterocycles. The Labute approximate surface area is 140 Å². The number of ether oxygens (including phenoxy) is 1. The van der Waals surface area contributed by atoms with Crippen LogP contribution in [0.2, 0.25) is 0 Å². The second-order valence-electron chi connectivity index (χ2n) is 5.22. The number of halogens is 2. The summed E-state index contributed by atoms with van der Waals surface area (Å²) in [7, 11) is 0. The van der Waals surface area contributed by atoms with Gasteiger partial charge in [-0.1, -0.05) is 37.9 Å². The topological polar surface area (TPSA) is 26.3 Å². The van der Waals surface area contributed by atoms with E-state index < -0.39 is 0 Å². The van der Waals surface area contributed by atoms with Crippen molar-refractivity contribution in [1.82, 2.24) is 0 Å². The normalized spacial score (nSPS) is 12.9. The molecule has 2 aromatic rings. The van der Waals surface area contributed by atoms with Crippen LogP contribution >= 0.6 is 31.9 Å².